The number of rotatable bonds is 5. The lowest BCUT2D eigenvalue weighted by Gasteiger charge is -2.41. The van der Waals surface area contributed by atoms with Crippen molar-refractivity contribution in [2.45, 2.75) is 26.2 Å². The SMILES string of the molecule is CCNC(=NCC1(CO)COC1)N1CCC(c2ccccc2)C(C)C1. The molecule has 2 fully saturated rings. The van der Waals surface area contributed by atoms with Crippen molar-refractivity contribution in [3.63, 3.8) is 0 Å². The van der Waals surface area contributed by atoms with Crippen LogP contribution in [0.2, 0.25) is 0 Å². The number of hydrogen-bond acceptors (Lipinski definition) is 3. The van der Waals surface area contributed by atoms with Crippen molar-refractivity contribution in [3.8, 4) is 0 Å². The van der Waals surface area contributed by atoms with Crippen molar-refractivity contribution < 1.29 is 9.84 Å². The van der Waals surface area contributed by atoms with E-state index >= 15 is 0 Å². The molecule has 2 aliphatic heterocycles. The van der Waals surface area contributed by atoms with Gasteiger partial charge in [0.1, 0.15) is 0 Å². The normalized spacial score (nSPS) is 26.2. The lowest BCUT2D eigenvalue weighted by Crippen LogP contribution is -2.51. The topological polar surface area (TPSA) is 57.1 Å². The molecular formula is C20H31N3O2. The summed E-state index contributed by atoms with van der Waals surface area (Å²) in [6.45, 7) is 9.30. The van der Waals surface area contributed by atoms with Gasteiger partial charge in [-0.15, -0.1) is 0 Å². The van der Waals surface area contributed by atoms with Crippen LogP contribution in [0, 0.1) is 11.3 Å². The number of guanidine groups is 1. The van der Waals surface area contributed by atoms with E-state index < -0.39 is 0 Å². The molecule has 2 N–H and O–H groups in total. The summed E-state index contributed by atoms with van der Waals surface area (Å²) in [5.41, 5.74) is 1.27. The molecule has 0 aliphatic carbocycles. The van der Waals surface area contributed by atoms with Gasteiger partial charge in [-0.25, -0.2) is 0 Å². The Morgan fingerprint density at radius 3 is 2.68 bits per heavy atom. The van der Waals surface area contributed by atoms with Crippen LogP contribution in [0.3, 0.4) is 0 Å². The minimum absolute atomic E-state index is 0.141. The molecule has 2 heterocycles. The van der Waals surface area contributed by atoms with Crippen LogP contribution < -0.4 is 5.32 Å². The molecule has 2 aliphatic rings. The maximum atomic E-state index is 9.61. The van der Waals surface area contributed by atoms with Gasteiger partial charge in [0.15, 0.2) is 5.96 Å². The largest absolute Gasteiger partial charge is 0.396 e. The molecule has 0 spiro atoms. The third-order valence-electron chi connectivity index (χ3n) is 5.48. The average molecular weight is 345 g/mol. The van der Waals surface area contributed by atoms with Crippen LogP contribution in [-0.4, -0.2) is 62.0 Å². The first-order chi connectivity index (χ1) is 12.2. The predicted octanol–water partition coefficient (Wildman–Crippen LogP) is 2.09. The van der Waals surface area contributed by atoms with Crippen LogP contribution in [-0.2, 0) is 4.74 Å². The number of nitrogens with one attached hydrogen (secondary N) is 1. The van der Waals surface area contributed by atoms with E-state index in [0.717, 1.165) is 32.0 Å². The first-order valence-corrected chi connectivity index (χ1v) is 9.44. The van der Waals surface area contributed by atoms with E-state index in [-0.39, 0.29) is 12.0 Å². The van der Waals surface area contributed by atoms with Crippen molar-refractivity contribution in [2.24, 2.45) is 16.3 Å². The van der Waals surface area contributed by atoms with Crippen molar-refractivity contribution in [1.29, 1.82) is 0 Å². The van der Waals surface area contributed by atoms with Gasteiger partial charge < -0.3 is 20.1 Å². The van der Waals surface area contributed by atoms with Crippen LogP contribution in [0.25, 0.3) is 0 Å². The molecule has 5 nitrogen and oxygen atoms in total. The number of aliphatic hydroxyl groups is 1. The molecule has 2 unspecified atom stereocenters. The lowest BCUT2D eigenvalue weighted by atomic mass is 9.81. The van der Waals surface area contributed by atoms with E-state index in [0.29, 0.717) is 31.6 Å². The highest BCUT2D eigenvalue weighted by Crippen LogP contribution is 2.33. The highest BCUT2D eigenvalue weighted by atomic mass is 16.5. The van der Waals surface area contributed by atoms with Gasteiger partial charge in [-0.3, -0.25) is 4.99 Å². The van der Waals surface area contributed by atoms with Crippen LogP contribution in [0.15, 0.2) is 35.3 Å². The number of likely N-dealkylation sites (tertiary alicyclic amines) is 1. The highest BCUT2D eigenvalue weighted by Gasteiger charge is 2.38. The summed E-state index contributed by atoms with van der Waals surface area (Å²) in [7, 11) is 0. The summed E-state index contributed by atoms with van der Waals surface area (Å²) >= 11 is 0. The second-order valence-electron chi connectivity index (χ2n) is 7.55. The zero-order valence-electron chi connectivity index (χ0n) is 15.4. The first kappa shape index (κ1) is 18.2. The van der Waals surface area contributed by atoms with Gasteiger partial charge >= 0.3 is 0 Å². The van der Waals surface area contributed by atoms with E-state index in [1.165, 1.54) is 5.56 Å². The molecule has 0 bridgehead atoms. The molecule has 5 heteroatoms. The van der Waals surface area contributed by atoms with E-state index in [4.69, 9.17) is 9.73 Å². The van der Waals surface area contributed by atoms with Crippen LogP contribution >= 0.6 is 0 Å². The molecular weight excluding hydrogens is 314 g/mol. The van der Waals surface area contributed by atoms with Gasteiger partial charge in [0.25, 0.3) is 0 Å². The van der Waals surface area contributed by atoms with E-state index in [1.54, 1.807) is 0 Å². The second-order valence-corrected chi connectivity index (χ2v) is 7.55. The van der Waals surface area contributed by atoms with Gasteiger partial charge in [-0.2, -0.15) is 0 Å². The number of piperidine rings is 1. The Bertz CT molecular complexity index is 566. The summed E-state index contributed by atoms with van der Waals surface area (Å²) in [5, 5.41) is 13.0. The number of aliphatic hydroxyl groups excluding tert-OH is 1. The quantitative estimate of drug-likeness (QED) is 0.634. The molecule has 138 valence electrons. The third-order valence-corrected chi connectivity index (χ3v) is 5.48. The average Bonchev–Trinajstić information content (AvgIpc) is 2.61. The maximum absolute atomic E-state index is 9.61. The minimum Gasteiger partial charge on any atom is -0.396 e. The van der Waals surface area contributed by atoms with E-state index in [2.05, 4.69) is 54.4 Å². The van der Waals surface area contributed by atoms with Crippen LogP contribution in [0.5, 0.6) is 0 Å². The monoisotopic (exact) mass is 345 g/mol. The Hall–Kier alpha value is -1.59. The van der Waals surface area contributed by atoms with Gasteiger partial charge in [0.2, 0.25) is 0 Å². The van der Waals surface area contributed by atoms with Crippen molar-refractivity contribution >= 4 is 5.96 Å². The Morgan fingerprint density at radius 2 is 2.12 bits per heavy atom. The zero-order chi connectivity index (χ0) is 17.7. The van der Waals surface area contributed by atoms with E-state index in [9.17, 15) is 5.11 Å². The Kier molecular flexibility index (Phi) is 5.97. The summed E-state index contributed by atoms with van der Waals surface area (Å²) in [5.74, 6) is 2.17. The Balaban J connectivity index is 1.65. The number of benzene rings is 1. The molecule has 2 saturated heterocycles. The number of ether oxygens (including phenoxy) is 1. The molecule has 0 aromatic heterocycles. The van der Waals surface area contributed by atoms with Crippen LogP contribution in [0.4, 0.5) is 0 Å². The van der Waals surface area contributed by atoms with Gasteiger partial charge in [-0.1, -0.05) is 37.3 Å². The number of nitrogens with zero attached hydrogens (tertiary/aromatic N) is 2. The fraction of sp³-hybridized carbons (Fsp3) is 0.650. The summed E-state index contributed by atoms with van der Waals surface area (Å²) in [4.78, 5) is 7.20. The molecule has 0 amide bonds. The molecule has 1 aromatic rings. The third kappa shape index (κ3) is 4.15. The van der Waals surface area contributed by atoms with Crippen molar-refractivity contribution in [3.05, 3.63) is 35.9 Å². The van der Waals surface area contributed by atoms with Gasteiger partial charge in [0, 0.05) is 19.6 Å². The molecule has 2 atom stereocenters. The lowest BCUT2D eigenvalue weighted by molar-refractivity contribution is -0.130. The zero-order valence-corrected chi connectivity index (χ0v) is 15.4. The molecule has 25 heavy (non-hydrogen) atoms. The summed E-state index contributed by atoms with van der Waals surface area (Å²) in [6, 6.07) is 10.8. The highest BCUT2D eigenvalue weighted by molar-refractivity contribution is 5.80. The van der Waals surface area contributed by atoms with Gasteiger partial charge in [-0.05, 0) is 30.7 Å². The van der Waals surface area contributed by atoms with Crippen molar-refractivity contribution in [1.82, 2.24) is 10.2 Å². The maximum Gasteiger partial charge on any atom is 0.193 e. The molecule has 0 saturated carbocycles. The predicted molar refractivity (Wildman–Crippen MR) is 101 cm³/mol. The molecule has 0 radical (unpaired) electrons. The fourth-order valence-electron chi connectivity index (χ4n) is 3.83. The molecule has 1 aromatic carbocycles. The van der Waals surface area contributed by atoms with E-state index in [1.807, 2.05) is 0 Å². The minimum atomic E-state index is -0.172. The Morgan fingerprint density at radius 1 is 1.36 bits per heavy atom. The van der Waals surface area contributed by atoms with Crippen molar-refractivity contribution in [2.75, 3.05) is 46.0 Å². The smallest absolute Gasteiger partial charge is 0.193 e. The number of hydrogen-bond donors (Lipinski definition) is 2. The van der Waals surface area contributed by atoms with Crippen LogP contribution in [0.1, 0.15) is 31.7 Å². The standard InChI is InChI=1S/C20H31N3O2/c1-3-21-19(22-12-20(13-24)14-25-15-20)23-10-9-18(16(2)11-23)17-7-5-4-6-8-17/h4-8,16,18,24H,3,9-15H2,1-2H3,(H,21,22). The summed E-state index contributed by atoms with van der Waals surface area (Å²) < 4.78 is 5.28. The number of aliphatic imine (C=N–C) groups is 1. The summed E-state index contributed by atoms with van der Waals surface area (Å²) in [6.07, 6.45) is 1.14. The first-order valence-electron chi connectivity index (χ1n) is 9.44. The fourth-order valence-corrected chi connectivity index (χ4v) is 3.83. The van der Waals surface area contributed by atoms with Gasteiger partial charge in [0.05, 0.1) is 31.8 Å². The molecule has 3 rings (SSSR count). The Labute approximate surface area is 151 Å². The second kappa shape index (κ2) is 8.19.